The zero-order valence-corrected chi connectivity index (χ0v) is 16.7. The third-order valence-corrected chi connectivity index (χ3v) is 4.37. The van der Waals surface area contributed by atoms with Crippen molar-refractivity contribution in [2.75, 3.05) is 6.61 Å². The van der Waals surface area contributed by atoms with Crippen molar-refractivity contribution in [1.82, 2.24) is 0 Å². The van der Waals surface area contributed by atoms with E-state index in [0.717, 1.165) is 5.56 Å². The fourth-order valence-corrected chi connectivity index (χ4v) is 2.88. The van der Waals surface area contributed by atoms with Crippen LogP contribution < -0.4 is 9.47 Å². The topological polar surface area (TPSA) is 85.4 Å². The van der Waals surface area contributed by atoms with E-state index in [1.165, 1.54) is 30.3 Å². The molecule has 0 aromatic heterocycles. The predicted molar refractivity (Wildman–Crippen MR) is 115 cm³/mol. The molecule has 0 fully saturated rings. The van der Waals surface area contributed by atoms with Crippen LogP contribution in [-0.4, -0.2) is 11.5 Å². The van der Waals surface area contributed by atoms with E-state index in [9.17, 15) is 19.8 Å². The molecule has 0 aliphatic heterocycles. The van der Waals surface area contributed by atoms with E-state index in [0.29, 0.717) is 29.2 Å². The summed E-state index contributed by atoms with van der Waals surface area (Å²) in [7, 11) is 0. The zero-order valence-electron chi connectivity index (χ0n) is 16.7. The molecule has 3 rings (SSSR count). The summed E-state index contributed by atoms with van der Waals surface area (Å²) in [6.07, 6.45) is 1.63. The average Bonchev–Trinajstić information content (AvgIpc) is 2.78. The van der Waals surface area contributed by atoms with Gasteiger partial charge in [-0.3, -0.25) is 10.1 Å². The van der Waals surface area contributed by atoms with Crippen LogP contribution in [0.5, 0.6) is 11.5 Å². The lowest BCUT2D eigenvalue weighted by Gasteiger charge is -2.13. The van der Waals surface area contributed by atoms with Crippen molar-refractivity contribution < 1.29 is 18.8 Å². The minimum Gasteiger partial charge on any atom is -0.490 e. The van der Waals surface area contributed by atoms with Crippen molar-refractivity contribution in [2.45, 2.75) is 13.5 Å². The van der Waals surface area contributed by atoms with E-state index in [1.54, 1.807) is 42.5 Å². The Bertz CT molecular complexity index is 1150. The molecule has 6 nitrogen and oxygen atoms in total. The van der Waals surface area contributed by atoms with Gasteiger partial charge in [-0.2, -0.15) is 5.26 Å². The molecule has 31 heavy (non-hydrogen) atoms. The number of halogens is 1. The summed E-state index contributed by atoms with van der Waals surface area (Å²) < 4.78 is 24.5. The smallest absolute Gasteiger partial charge is 0.270 e. The van der Waals surface area contributed by atoms with E-state index in [1.807, 2.05) is 6.92 Å². The Labute approximate surface area is 178 Å². The highest BCUT2D eigenvalue weighted by atomic mass is 19.1. The van der Waals surface area contributed by atoms with E-state index in [-0.39, 0.29) is 23.7 Å². The molecule has 0 N–H and O–H groups in total. The minimum absolute atomic E-state index is 0.0850. The minimum atomic E-state index is -0.501. The molecule has 0 spiro atoms. The molecule has 0 amide bonds. The average molecular weight is 418 g/mol. The fourth-order valence-electron chi connectivity index (χ4n) is 2.88. The van der Waals surface area contributed by atoms with Gasteiger partial charge < -0.3 is 9.47 Å². The summed E-state index contributed by atoms with van der Waals surface area (Å²) in [6, 6.07) is 19.2. The van der Waals surface area contributed by atoms with Crippen molar-refractivity contribution >= 4 is 17.3 Å². The summed E-state index contributed by atoms with van der Waals surface area (Å²) >= 11 is 0. The van der Waals surface area contributed by atoms with Gasteiger partial charge in [0.1, 0.15) is 12.4 Å². The Morgan fingerprint density at radius 3 is 2.55 bits per heavy atom. The molecule has 0 aliphatic carbocycles. The monoisotopic (exact) mass is 418 g/mol. The van der Waals surface area contributed by atoms with Gasteiger partial charge in [-0.1, -0.05) is 30.3 Å². The first-order valence-electron chi connectivity index (χ1n) is 9.51. The second kappa shape index (κ2) is 10.0. The molecule has 3 aromatic rings. The highest BCUT2D eigenvalue weighted by Gasteiger charge is 2.11. The first-order valence-corrected chi connectivity index (χ1v) is 9.51. The largest absolute Gasteiger partial charge is 0.490 e. The van der Waals surface area contributed by atoms with Crippen LogP contribution in [0, 0.1) is 27.3 Å². The van der Waals surface area contributed by atoms with Crippen molar-refractivity contribution in [3.63, 3.8) is 0 Å². The van der Waals surface area contributed by atoms with Crippen molar-refractivity contribution in [3.8, 4) is 17.6 Å². The molecule has 0 unspecified atom stereocenters. The van der Waals surface area contributed by atoms with Gasteiger partial charge in [0.25, 0.3) is 5.69 Å². The number of hydrogen-bond acceptors (Lipinski definition) is 5. The maximum atomic E-state index is 13.1. The van der Waals surface area contributed by atoms with Crippen LogP contribution in [0.3, 0.4) is 0 Å². The third-order valence-electron chi connectivity index (χ3n) is 4.37. The quantitative estimate of drug-likeness (QED) is 0.200. The number of non-ortho nitro benzene ring substituents is 1. The molecule has 7 heteroatoms. The van der Waals surface area contributed by atoms with Gasteiger partial charge in [-0.05, 0) is 54.0 Å². The van der Waals surface area contributed by atoms with Gasteiger partial charge in [-0.25, -0.2) is 4.39 Å². The third kappa shape index (κ3) is 5.67. The van der Waals surface area contributed by atoms with Gasteiger partial charge >= 0.3 is 0 Å². The fraction of sp³-hybridized carbons (Fsp3) is 0.125. The van der Waals surface area contributed by atoms with Gasteiger partial charge in [0.2, 0.25) is 0 Å². The van der Waals surface area contributed by atoms with Crippen LogP contribution in [0.4, 0.5) is 10.1 Å². The number of rotatable bonds is 8. The first kappa shape index (κ1) is 21.5. The molecule has 156 valence electrons. The van der Waals surface area contributed by atoms with E-state index >= 15 is 0 Å². The molecule has 0 radical (unpaired) electrons. The van der Waals surface area contributed by atoms with Gasteiger partial charge in [-0.15, -0.1) is 0 Å². The van der Waals surface area contributed by atoms with Crippen LogP contribution in [0.1, 0.15) is 23.6 Å². The number of nitrogens with zero attached hydrogens (tertiary/aromatic N) is 2. The maximum Gasteiger partial charge on any atom is 0.270 e. The van der Waals surface area contributed by atoms with Gasteiger partial charge in [0.15, 0.2) is 11.5 Å². The summed E-state index contributed by atoms with van der Waals surface area (Å²) in [6.45, 7) is 2.50. The van der Waals surface area contributed by atoms with Crippen LogP contribution >= 0.6 is 0 Å². The number of ether oxygens (including phenoxy) is 2. The molecule has 0 aliphatic rings. The van der Waals surface area contributed by atoms with Crippen molar-refractivity contribution in [3.05, 3.63) is 99.4 Å². The molecule has 0 saturated carbocycles. The number of hydrogen-bond donors (Lipinski definition) is 0. The van der Waals surface area contributed by atoms with Gasteiger partial charge in [0.05, 0.1) is 23.2 Å². The Kier molecular flexibility index (Phi) is 6.97. The second-order valence-corrected chi connectivity index (χ2v) is 6.53. The Morgan fingerprint density at radius 1 is 1.10 bits per heavy atom. The van der Waals surface area contributed by atoms with Crippen LogP contribution in [0.25, 0.3) is 11.6 Å². The van der Waals surface area contributed by atoms with Crippen LogP contribution in [0.2, 0.25) is 0 Å². The molecule has 0 heterocycles. The SMILES string of the molecule is CCOc1cc(C=C(C#N)c2cccc([N+](=O)[O-])c2)ccc1OCc1ccc(F)cc1. The van der Waals surface area contributed by atoms with Crippen LogP contribution in [0.15, 0.2) is 66.7 Å². The lowest BCUT2D eigenvalue weighted by Crippen LogP contribution is -2.00. The molecule has 0 saturated heterocycles. The number of nitro groups is 1. The van der Waals surface area contributed by atoms with Crippen molar-refractivity contribution in [2.24, 2.45) is 0 Å². The summed E-state index contributed by atoms with van der Waals surface area (Å²) in [5, 5.41) is 20.6. The molecular formula is C24H19FN2O4. The summed E-state index contributed by atoms with van der Waals surface area (Å²) in [4.78, 5) is 10.5. The van der Waals surface area contributed by atoms with E-state index in [4.69, 9.17) is 9.47 Å². The van der Waals surface area contributed by atoms with Crippen LogP contribution in [-0.2, 0) is 6.61 Å². The zero-order chi connectivity index (χ0) is 22.2. The number of benzene rings is 3. The molecular weight excluding hydrogens is 399 g/mol. The normalized spacial score (nSPS) is 10.9. The number of allylic oxidation sites excluding steroid dienone is 1. The van der Waals surface area contributed by atoms with Crippen molar-refractivity contribution in [1.29, 1.82) is 5.26 Å². The molecule has 0 bridgehead atoms. The summed E-state index contributed by atoms with van der Waals surface area (Å²) in [5.41, 5.74) is 2.14. The first-order chi connectivity index (χ1) is 15.0. The summed E-state index contributed by atoms with van der Waals surface area (Å²) in [5.74, 6) is 0.693. The Hall–Kier alpha value is -4.18. The highest BCUT2D eigenvalue weighted by Crippen LogP contribution is 2.31. The Morgan fingerprint density at radius 2 is 1.87 bits per heavy atom. The second-order valence-electron chi connectivity index (χ2n) is 6.53. The lowest BCUT2D eigenvalue weighted by atomic mass is 10.0. The van der Waals surface area contributed by atoms with E-state index < -0.39 is 4.92 Å². The molecule has 3 aromatic carbocycles. The maximum absolute atomic E-state index is 13.1. The highest BCUT2D eigenvalue weighted by molar-refractivity contribution is 5.90. The van der Waals surface area contributed by atoms with Gasteiger partial charge in [0, 0.05) is 12.1 Å². The predicted octanol–water partition coefficient (Wildman–Crippen LogP) is 5.78. The standard InChI is InChI=1S/C24H19FN2O4/c1-2-30-24-13-18(8-11-23(24)31-16-17-6-9-21(25)10-7-17)12-20(15-26)19-4-3-5-22(14-19)27(28)29/h3-14H,2,16H2,1H3. The molecule has 0 atom stereocenters. The lowest BCUT2D eigenvalue weighted by molar-refractivity contribution is -0.384. The number of nitriles is 1. The number of nitro benzene ring substituents is 1. The van der Waals surface area contributed by atoms with E-state index in [2.05, 4.69) is 6.07 Å². The Balaban J connectivity index is 1.86.